The van der Waals surface area contributed by atoms with Crippen LogP contribution in [-0.2, 0) is 10.8 Å². The monoisotopic (exact) mass is 254 g/mol. The summed E-state index contributed by atoms with van der Waals surface area (Å²) in [5, 5.41) is 2.30. The van der Waals surface area contributed by atoms with Gasteiger partial charge in [0.05, 0.1) is 0 Å². The summed E-state index contributed by atoms with van der Waals surface area (Å²) in [6.07, 6.45) is 0. The molecule has 0 aliphatic heterocycles. The van der Waals surface area contributed by atoms with Gasteiger partial charge in [-0.25, -0.2) is 0 Å². The second-order valence-electron chi connectivity index (χ2n) is 6.62. The summed E-state index contributed by atoms with van der Waals surface area (Å²) in [4.78, 5) is 0. The molecule has 0 heterocycles. The molecular weight excluding hydrogens is 232 g/mol. The van der Waals surface area contributed by atoms with Crippen molar-refractivity contribution in [3.63, 3.8) is 0 Å². The molecule has 0 bridgehead atoms. The highest BCUT2D eigenvalue weighted by Crippen LogP contribution is 2.37. The fourth-order valence-electron chi connectivity index (χ4n) is 2.04. The zero-order valence-corrected chi connectivity index (χ0v) is 14.3. The Bertz CT molecular complexity index is 394. The maximum atomic E-state index is 6.52. The zero-order chi connectivity index (χ0) is 12.7. The summed E-state index contributed by atoms with van der Waals surface area (Å²) in [5.74, 6) is 0. The lowest BCUT2D eigenvalue weighted by Crippen LogP contribution is -2.25. The first kappa shape index (κ1) is 13.8. The standard InChI is InChI=1S/C14H23ClSi/c1-13(2,3)9-7-8-10(16)12(15)11(9)14(4,5)6/h7-8H,1-6,16H3. The van der Waals surface area contributed by atoms with Gasteiger partial charge in [0.1, 0.15) is 0 Å². The summed E-state index contributed by atoms with van der Waals surface area (Å²) in [5.41, 5.74) is 2.97. The van der Waals surface area contributed by atoms with E-state index >= 15 is 0 Å². The third-order valence-corrected chi connectivity index (χ3v) is 4.53. The maximum Gasteiger partial charge on any atom is 0.0428 e. The molecule has 0 amide bonds. The first-order valence-corrected chi connectivity index (χ1v) is 7.23. The number of hydrogen-bond acceptors (Lipinski definition) is 0. The summed E-state index contributed by atoms with van der Waals surface area (Å²) in [6, 6.07) is 4.44. The molecule has 16 heavy (non-hydrogen) atoms. The van der Waals surface area contributed by atoms with Crippen molar-refractivity contribution in [2.24, 2.45) is 0 Å². The molecule has 0 atom stereocenters. The van der Waals surface area contributed by atoms with Gasteiger partial charge >= 0.3 is 0 Å². The lowest BCUT2D eigenvalue weighted by Gasteiger charge is -2.31. The van der Waals surface area contributed by atoms with Crippen LogP contribution in [0.15, 0.2) is 12.1 Å². The molecule has 0 N–H and O–H groups in total. The molecule has 0 saturated carbocycles. The van der Waals surface area contributed by atoms with E-state index in [1.54, 1.807) is 0 Å². The molecule has 0 unspecified atom stereocenters. The van der Waals surface area contributed by atoms with Gasteiger partial charge < -0.3 is 0 Å². The molecule has 0 nitrogen and oxygen atoms in total. The van der Waals surface area contributed by atoms with E-state index in [2.05, 4.69) is 53.7 Å². The highest BCUT2D eigenvalue weighted by molar-refractivity contribution is 6.45. The summed E-state index contributed by atoms with van der Waals surface area (Å²) < 4.78 is 0. The lowest BCUT2D eigenvalue weighted by atomic mass is 9.75. The highest BCUT2D eigenvalue weighted by Gasteiger charge is 2.27. The molecule has 0 spiro atoms. The Morgan fingerprint density at radius 3 is 1.81 bits per heavy atom. The molecule has 1 rings (SSSR count). The van der Waals surface area contributed by atoms with Crippen molar-refractivity contribution < 1.29 is 0 Å². The number of rotatable bonds is 0. The van der Waals surface area contributed by atoms with Crippen LogP contribution in [-0.4, -0.2) is 10.2 Å². The summed E-state index contributed by atoms with van der Waals surface area (Å²) in [6.45, 7) is 13.5. The van der Waals surface area contributed by atoms with E-state index in [0.717, 1.165) is 15.3 Å². The van der Waals surface area contributed by atoms with E-state index in [9.17, 15) is 0 Å². The fraction of sp³-hybridized carbons (Fsp3) is 0.571. The van der Waals surface area contributed by atoms with Crippen molar-refractivity contribution in [1.29, 1.82) is 0 Å². The minimum absolute atomic E-state index is 0.111. The normalized spacial score (nSPS) is 13.2. The van der Waals surface area contributed by atoms with Crippen molar-refractivity contribution in [1.82, 2.24) is 0 Å². The van der Waals surface area contributed by atoms with E-state index in [-0.39, 0.29) is 10.8 Å². The van der Waals surface area contributed by atoms with Crippen LogP contribution in [0.4, 0.5) is 0 Å². The average Bonchev–Trinajstić information content (AvgIpc) is 2.05. The van der Waals surface area contributed by atoms with E-state index in [1.165, 1.54) is 16.3 Å². The van der Waals surface area contributed by atoms with Gasteiger partial charge in [0.25, 0.3) is 0 Å². The molecule has 1 aromatic rings. The minimum atomic E-state index is 0.111. The van der Waals surface area contributed by atoms with Crippen molar-refractivity contribution in [3.05, 3.63) is 28.3 Å². The molecule has 2 heteroatoms. The molecule has 0 radical (unpaired) electrons. The van der Waals surface area contributed by atoms with E-state index in [4.69, 9.17) is 11.6 Å². The van der Waals surface area contributed by atoms with Crippen molar-refractivity contribution in [2.75, 3.05) is 0 Å². The number of benzene rings is 1. The number of halogens is 1. The van der Waals surface area contributed by atoms with Crippen LogP contribution < -0.4 is 5.19 Å². The Morgan fingerprint density at radius 2 is 1.44 bits per heavy atom. The molecule has 0 saturated heterocycles. The molecule has 0 aliphatic rings. The minimum Gasteiger partial charge on any atom is -0.0842 e. The third kappa shape index (κ3) is 2.69. The Kier molecular flexibility index (Phi) is 3.61. The van der Waals surface area contributed by atoms with Crippen molar-refractivity contribution in [2.45, 2.75) is 52.4 Å². The van der Waals surface area contributed by atoms with Crippen LogP contribution >= 0.6 is 11.6 Å². The van der Waals surface area contributed by atoms with Gasteiger partial charge in [-0.05, 0) is 22.0 Å². The summed E-state index contributed by atoms with van der Waals surface area (Å²) >= 11 is 6.52. The number of hydrogen-bond donors (Lipinski definition) is 0. The van der Waals surface area contributed by atoms with Crippen LogP contribution in [0.3, 0.4) is 0 Å². The molecule has 90 valence electrons. The topological polar surface area (TPSA) is 0 Å². The van der Waals surface area contributed by atoms with Gasteiger partial charge in [-0.2, -0.15) is 0 Å². The smallest absolute Gasteiger partial charge is 0.0428 e. The van der Waals surface area contributed by atoms with Crippen molar-refractivity contribution >= 4 is 27.0 Å². The predicted octanol–water partition coefficient (Wildman–Crippen LogP) is 2.93. The van der Waals surface area contributed by atoms with Gasteiger partial charge in [-0.1, -0.05) is 70.5 Å². The Labute approximate surface area is 108 Å². The Morgan fingerprint density at radius 1 is 0.938 bits per heavy atom. The summed E-state index contributed by atoms with van der Waals surface area (Å²) in [7, 11) is 1.01. The quantitative estimate of drug-likeness (QED) is 0.625. The maximum absolute atomic E-state index is 6.52. The van der Waals surface area contributed by atoms with Crippen LogP contribution in [0, 0.1) is 0 Å². The van der Waals surface area contributed by atoms with Gasteiger partial charge in [0.2, 0.25) is 0 Å². The molecular formula is C14H23ClSi. The average molecular weight is 255 g/mol. The zero-order valence-electron chi connectivity index (χ0n) is 11.5. The second-order valence-corrected chi connectivity index (χ2v) is 8.07. The van der Waals surface area contributed by atoms with E-state index in [1.807, 2.05) is 0 Å². The Hall–Kier alpha value is -0.273. The second kappa shape index (κ2) is 4.19. The first-order chi connectivity index (χ1) is 7.05. The SMILES string of the molecule is CC(C)(C)c1ccc([SiH3])c(Cl)c1C(C)(C)C. The van der Waals surface area contributed by atoms with Crippen LogP contribution in [0.5, 0.6) is 0 Å². The van der Waals surface area contributed by atoms with Crippen LogP contribution in [0.25, 0.3) is 0 Å². The Balaban J connectivity index is 3.59. The van der Waals surface area contributed by atoms with E-state index < -0.39 is 0 Å². The van der Waals surface area contributed by atoms with Gasteiger partial charge in [-0.3, -0.25) is 0 Å². The van der Waals surface area contributed by atoms with Crippen LogP contribution in [0.1, 0.15) is 52.7 Å². The molecule has 0 aromatic heterocycles. The largest absolute Gasteiger partial charge is 0.0842 e. The molecule has 0 fully saturated rings. The van der Waals surface area contributed by atoms with Gasteiger partial charge in [0, 0.05) is 15.3 Å². The lowest BCUT2D eigenvalue weighted by molar-refractivity contribution is 0.531. The van der Waals surface area contributed by atoms with Crippen molar-refractivity contribution in [3.8, 4) is 0 Å². The third-order valence-electron chi connectivity index (χ3n) is 2.89. The fourth-order valence-corrected chi connectivity index (χ4v) is 2.90. The molecule has 1 aromatic carbocycles. The van der Waals surface area contributed by atoms with Gasteiger partial charge in [0.15, 0.2) is 0 Å². The first-order valence-electron chi connectivity index (χ1n) is 5.85. The molecule has 0 aliphatic carbocycles. The van der Waals surface area contributed by atoms with Crippen LogP contribution in [0.2, 0.25) is 5.02 Å². The predicted molar refractivity (Wildman–Crippen MR) is 78.4 cm³/mol. The highest BCUT2D eigenvalue weighted by atomic mass is 35.5. The van der Waals surface area contributed by atoms with Gasteiger partial charge in [-0.15, -0.1) is 0 Å². The van der Waals surface area contributed by atoms with E-state index in [0.29, 0.717) is 0 Å².